The first-order valence-electron chi connectivity index (χ1n) is 9.44. The molecule has 0 bridgehead atoms. The molecular weight excluding hydrogens is 354 g/mol. The number of rotatable bonds is 4. The average Bonchev–Trinajstić information content (AvgIpc) is 3.29. The highest BCUT2D eigenvalue weighted by Crippen LogP contribution is 2.41. The number of thiophene rings is 1. The Morgan fingerprint density at radius 1 is 1.22 bits per heavy atom. The minimum Gasteiger partial charge on any atom is -0.388 e. The van der Waals surface area contributed by atoms with Crippen molar-refractivity contribution in [3.8, 4) is 16.5 Å². The van der Waals surface area contributed by atoms with Crippen molar-refractivity contribution in [2.24, 2.45) is 0 Å². The van der Waals surface area contributed by atoms with Crippen LogP contribution in [0, 0.1) is 11.3 Å². The quantitative estimate of drug-likeness (QED) is 0.773. The molecule has 3 nitrogen and oxygen atoms in total. The summed E-state index contributed by atoms with van der Waals surface area (Å²) in [5.74, 6) is 0. The largest absolute Gasteiger partial charge is 0.388 e. The third kappa shape index (κ3) is 3.51. The van der Waals surface area contributed by atoms with Crippen molar-refractivity contribution in [2.45, 2.75) is 51.4 Å². The molecule has 4 heteroatoms. The molecule has 0 saturated carbocycles. The van der Waals surface area contributed by atoms with Gasteiger partial charge in [-0.3, -0.25) is 0 Å². The van der Waals surface area contributed by atoms with Crippen LogP contribution >= 0.6 is 11.3 Å². The predicted molar refractivity (Wildman–Crippen MR) is 109 cm³/mol. The zero-order valence-corrected chi connectivity index (χ0v) is 16.4. The monoisotopic (exact) mass is 377 g/mol. The van der Waals surface area contributed by atoms with Crippen molar-refractivity contribution < 1.29 is 9.84 Å². The number of nitriles is 1. The second kappa shape index (κ2) is 7.44. The fourth-order valence-electron chi connectivity index (χ4n) is 3.91. The van der Waals surface area contributed by atoms with Crippen LogP contribution in [-0.2, 0) is 11.2 Å². The van der Waals surface area contributed by atoms with E-state index in [4.69, 9.17) is 4.74 Å². The topological polar surface area (TPSA) is 53.2 Å². The van der Waals surface area contributed by atoms with Crippen LogP contribution in [0.25, 0.3) is 16.0 Å². The van der Waals surface area contributed by atoms with Gasteiger partial charge < -0.3 is 9.84 Å². The van der Waals surface area contributed by atoms with Crippen LogP contribution in [0.15, 0.2) is 48.1 Å². The minimum absolute atomic E-state index is 0.102. The van der Waals surface area contributed by atoms with Gasteiger partial charge in [-0.25, -0.2) is 0 Å². The molecule has 1 aromatic carbocycles. The third-order valence-electron chi connectivity index (χ3n) is 5.17. The van der Waals surface area contributed by atoms with Crippen LogP contribution in [-0.4, -0.2) is 17.3 Å². The van der Waals surface area contributed by atoms with Crippen LogP contribution in [0.2, 0.25) is 0 Å². The maximum atomic E-state index is 10.1. The zero-order valence-electron chi connectivity index (χ0n) is 15.6. The Kier molecular flexibility index (Phi) is 5.01. The fraction of sp³-hybridized carbons (Fsp3) is 0.348. The van der Waals surface area contributed by atoms with Crippen LogP contribution in [0.5, 0.6) is 0 Å². The van der Waals surface area contributed by atoms with Crippen LogP contribution in [0.1, 0.15) is 48.8 Å². The van der Waals surface area contributed by atoms with E-state index >= 15 is 0 Å². The summed E-state index contributed by atoms with van der Waals surface area (Å²) in [4.78, 5) is 2.38. The number of fused-ring (bicyclic) bond motifs is 1. The molecule has 0 aliphatic heterocycles. The van der Waals surface area contributed by atoms with Crippen molar-refractivity contribution in [2.75, 3.05) is 0 Å². The second-order valence-electron chi connectivity index (χ2n) is 7.37. The Morgan fingerprint density at radius 2 is 2.04 bits per heavy atom. The van der Waals surface area contributed by atoms with E-state index in [-0.39, 0.29) is 18.3 Å². The molecule has 2 aliphatic rings. The van der Waals surface area contributed by atoms with Crippen molar-refractivity contribution >= 4 is 16.9 Å². The van der Waals surface area contributed by atoms with Gasteiger partial charge in [-0.1, -0.05) is 24.3 Å². The van der Waals surface area contributed by atoms with E-state index in [1.54, 1.807) is 11.3 Å². The molecule has 2 aromatic rings. The first kappa shape index (κ1) is 18.2. The van der Waals surface area contributed by atoms with Gasteiger partial charge in [0.25, 0.3) is 0 Å². The SMILES string of the molecule is CC(C)OC1CC=C(c2ccc(-c3cccc4c3CCC4O)s2)C=C1C#N. The van der Waals surface area contributed by atoms with Crippen LogP contribution in [0.4, 0.5) is 0 Å². The number of ether oxygens (including phenoxy) is 1. The Hall–Kier alpha value is -2.19. The van der Waals surface area contributed by atoms with Gasteiger partial charge >= 0.3 is 0 Å². The van der Waals surface area contributed by atoms with Gasteiger partial charge in [-0.2, -0.15) is 5.26 Å². The summed E-state index contributed by atoms with van der Waals surface area (Å²) in [6.45, 7) is 3.99. The van der Waals surface area contributed by atoms with Crippen molar-refractivity contribution in [3.63, 3.8) is 0 Å². The van der Waals surface area contributed by atoms with Crippen molar-refractivity contribution in [1.82, 2.24) is 0 Å². The molecule has 0 saturated heterocycles. The Labute approximate surface area is 164 Å². The summed E-state index contributed by atoms with van der Waals surface area (Å²) in [7, 11) is 0. The second-order valence-corrected chi connectivity index (χ2v) is 8.46. The van der Waals surface area contributed by atoms with Gasteiger partial charge in [-0.05, 0) is 73.6 Å². The molecule has 27 heavy (non-hydrogen) atoms. The number of nitrogens with zero attached hydrogens (tertiary/aromatic N) is 1. The Morgan fingerprint density at radius 3 is 2.81 bits per heavy atom. The predicted octanol–water partition coefficient (Wildman–Crippen LogP) is 5.43. The molecule has 2 atom stereocenters. The molecule has 2 unspecified atom stereocenters. The molecule has 1 N–H and O–H groups in total. The molecule has 0 amide bonds. The molecule has 0 radical (unpaired) electrons. The van der Waals surface area contributed by atoms with Gasteiger partial charge in [-0.15, -0.1) is 11.3 Å². The van der Waals surface area contributed by atoms with E-state index in [2.05, 4.69) is 30.3 Å². The lowest BCUT2D eigenvalue weighted by atomic mass is 9.96. The molecule has 0 spiro atoms. The van der Waals surface area contributed by atoms with E-state index in [0.29, 0.717) is 5.57 Å². The lowest BCUT2D eigenvalue weighted by molar-refractivity contribution is 0.0327. The van der Waals surface area contributed by atoms with Gasteiger partial charge in [0, 0.05) is 9.75 Å². The molecule has 1 aromatic heterocycles. The standard InChI is InChI=1S/C23H23NO2S/c1-14(2)26-21-9-6-15(12-16(21)13-24)22-10-11-23(27-22)19-5-3-4-18-17(19)7-8-20(18)25/h3-6,10-12,14,20-21,25H,7-9H2,1-2H3. The molecule has 4 rings (SSSR count). The van der Waals surface area contributed by atoms with Crippen LogP contribution < -0.4 is 0 Å². The van der Waals surface area contributed by atoms with Crippen LogP contribution in [0.3, 0.4) is 0 Å². The van der Waals surface area contributed by atoms with E-state index in [9.17, 15) is 10.4 Å². The van der Waals surface area contributed by atoms with Crippen molar-refractivity contribution in [1.29, 1.82) is 5.26 Å². The smallest absolute Gasteiger partial charge is 0.0975 e. The average molecular weight is 378 g/mol. The summed E-state index contributed by atoms with van der Waals surface area (Å²) >= 11 is 1.74. The maximum Gasteiger partial charge on any atom is 0.0975 e. The summed E-state index contributed by atoms with van der Waals surface area (Å²) < 4.78 is 5.86. The van der Waals surface area contributed by atoms with Gasteiger partial charge in [0.1, 0.15) is 0 Å². The number of hydrogen-bond acceptors (Lipinski definition) is 4. The first-order valence-corrected chi connectivity index (χ1v) is 10.3. The van der Waals surface area contributed by atoms with E-state index in [0.717, 1.165) is 35.3 Å². The summed E-state index contributed by atoms with van der Waals surface area (Å²) in [5.41, 5.74) is 5.36. The van der Waals surface area contributed by atoms with E-state index in [1.807, 2.05) is 32.1 Å². The first-order chi connectivity index (χ1) is 13.1. The molecule has 138 valence electrons. The minimum atomic E-state index is -0.334. The van der Waals surface area contributed by atoms with Crippen molar-refractivity contribution in [3.05, 3.63) is 64.1 Å². The maximum absolute atomic E-state index is 10.1. The van der Waals surface area contributed by atoms with Gasteiger partial charge in [0.2, 0.25) is 0 Å². The molecule has 2 aliphatic carbocycles. The normalized spacial score (nSPS) is 21.6. The number of benzene rings is 1. The molecular formula is C23H23NO2S. The summed E-state index contributed by atoms with van der Waals surface area (Å²) in [6, 6.07) is 12.8. The summed E-state index contributed by atoms with van der Waals surface area (Å²) in [5, 5.41) is 19.7. The van der Waals surface area contributed by atoms with E-state index in [1.165, 1.54) is 16.0 Å². The highest BCUT2D eigenvalue weighted by molar-refractivity contribution is 7.16. The Bertz CT molecular complexity index is 961. The van der Waals surface area contributed by atoms with E-state index < -0.39 is 0 Å². The third-order valence-corrected chi connectivity index (χ3v) is 6.34. The Balaban J connectivity index is 1.62. The lowest BCUT2D eigenvalue weighted by Gasteiger charge is -2.22. The molecule has 1 heterocycles. The number of allylic oxidation sites excluding steroid dienone is 2. The number of aliphatic hydroxyl groups is 1. The van der Waals surface area contributed by atoms with Gasteiger partial charge in [0.05, 0.1) is 30.0 Å². The highest BCUT2D eigenvalue weighted by Gasteiger charge is 2.24. The lowest BCUT2D eigenvalue weighted by Crippen LogP contribution is -2.21. The molecule has 0 fully saturated rings. The zero-order chi connectivity index (χ0) is 19.0. The number of aliphatic hydroxyl groups excluding tert-OH is 1. The van der Waals surface area contributed by atoms with Gasteiger partial charge in [0.15, 0.2) is 0 Å². The fourth-order valence-corrected chi connectivity index (χ4v) is 4.99. The summed E-state index contributed by atoms with van der Waals surface area (Å²) in [6.07, 6.45) is 6.22. The highest BCUT2D eigenvalue weighted by atomic mass is 32.1. The number of hydrogen-bond donors (Lipinski definition) is 1.